The van der Waals surface area contributed by atoms with Crippen molar-refractivity contribution in [3.63, 3.8) is 0 Å². The highest BCUT2D eigenvalue weighted by atomic mass is 16.2. The van der Waals surface area contributed by atoms with Gasteiger partial charge < -0.3 is 14.4 Å². The second-order valence-electron chi connectivity index (χ2n) is 6.54. The van der Waals surface area contributed by atoms with Crippen molar-refractivity contribution in [2.45, 2.75) is 12.8 Å². The molecule has 2 heterocycles. The van der Waals surface area contributed by atoms with Gasteiger partial charge in [-0.15, -0.1) is 0 Å². The fourth-order valence-electron chi connectivity index (χ4n) is 3.37. The first kappa shape index (κ1) is 14.3. The quantitative estimate of drug-likeness (QED) is 0.850. The summed E-state index contributed by atoms with van der Waals surface area (Å²) in [6, 6.07) is 9.98. The fourth-order valence-corrected chi connectivity index (χ4v) is 3.37. The lowest BCUT2D eigenvalue weighted by Crippen LogP contribution is -2.51. The SMILES string of the molecule is Cn1c(C(=O)N2CCN(C(=O)C3CC3)CC2)cc2ccccc21. The Labute approximate surface area is 135 Å². The monoisotopic (exact) mass is 311 g/mol. The number of nitrogens with zero attached hydrogens (tertiary/aromatic N) is 3. The van der Waals surface area contributed by atoms with E-state index >= 15 is 0 Å². The molecule has 2 fully saturated rings. The van der Waals surface area contributed by atoms with E-state index in [9.17, 15) is 9.59 Å². The summed E-state index contributed by atoms with van der Waals surface area (Å²) in [6.45, 7) is 2.56. The number of hydrogen-bond donors (Lipinski definition) is 0. The second kappa shape index (κ2) is 5.41. The minimum atomic E-state index is 0.0576. The van der Waals surface area contributed by atoms with E-state index in [1.165, 1.54) is 0 Å². The van der Waals surface area contributed by atoms with Crippen molar-refractivity contribution >= 4 is 22.7 Å². The van der Waals surface area contributed by atoms with Crippen molar-refractivity contribution in [3.8, 4) is 0 Å². The van der Waals surface area contributed by atoms with Gasteiger partial charge in [-0.25, -0.2) is 0 Å². The van der Waals surface area contributed by atoms with Gasteiger partial charge in [0, 0.05) is 50.0 Å². The molecule has 0 radical (unpaired) electrons. The summed E-state index contributed by atoms with van der Waals surface area (Å²) in [5.74, 6) is 0.597. The van der Waals surface area contributed by atoms with Gasteiger partial charge in [0.1, 0.15) is 5.69 Å². The molecule has 5 nitrogen and oxygen atoms in total. The van der Waals surface area contributed by atoms with Gasteiger partial charge in [0.15, 0.2) is 0 Å². The maximum Gasteiger partial charge on any atom is 0.270 e. The second-order valence-corrected chi connectivity index (χ2v) is 6.54. The molecule has 0 spiro atoms. The Morgan fingerprint density at radius 2 is 1.65 bits per heavy atom. The van der Waals surface area contributed by atoms with Crippen LogP contribution in [0, 0.1) is 5.92 Å². The maximum atomic E-state index is 12.8. The molecule has 0 N–H and O–H groups in total. The molecule has 0 atom stereocenters. The Kier molecular flexibility index (Phi) is 3.36. The van der Waals surface area contributed by atoms with Gasteiger partial charge >= 0.3 is 0 Å². The Hall–Kier alpha value is -2.30. The molecule has 1 aliphatic heterocycles. The molecule has 1 saturated heterocycles. The van der Waals surface area contributed by atoms with Crippen LogP contribution in [0.3, 0.4) is 0 Å². The molecule has 1 aliphatic carbocycles. The van der Waals surface area contributed by atoms with Crippen LogP contribution in [0.4, 0.5) is 0 Å². The molecule has 2 aliphatic rings. The summed E-state index contributed by atoms with van der Waals surface area (Å²) in [6.07, 6.45) is 2.07. The van der Waals surface area contributed by atoms with Gasteiger partial charge in [-0.1, -0.05) is 18.2 Å². The number of carbonyl (C=O) groups is 2. The smallest absolute Gasteiger partial charge is 0.270 e. The van der Waals surface area contributed by atoms with E-state index in [-0.39, 0.29) is 17.7 Å². The molecule has 120 valence electrons. The van der Waals surface area contributed by atoms with Crippen molar-refractivity contribution in [3.05, 3.63) is 36.0 Å². The standard InChI is InChI=1S/C18H21N3O2/c1-19-15-5-3-2-4-14(15)12-16(19)18(23)21-10-8-20(9-11-21)17(22)13-6-7-13/h2-5,12-13H,6-11H2,1H3. The minimum absolute atomic E-state index is 0.0576. The number of rotatable bonds is 2. The highest BCUT2D eigenvalue weighted by Crippen LogP contribution is 2.31. The first-order valence-electron chi connectivity index (χ1n) is 8.27. The van der Waals surface area contributed by atoms with Gasteiger partial charge in [0.2, 0.25) is 5.91 Å². The van der Waals surface area contributed by atoms with E-state index in [1.54, 1.807) is 0 Å². The van der Waals surface area contributed by atoms with Crippen LogP contribution >= 0.6 is 0 Å². The number of benzene rings is 1. The summed E-state index contributed by atoms with van der Waals surface area (Å²) < 4.78 is 1.96. The Morgan fingerprint density at radius 1 is 1.00 bits per heavy atom. The molecule has 2 aromatic rings. The zero-order valence-electron chi connectivity index (χ0n) is 13.4. The van der Waals surface area contributed by atoms with E-state index in [2.05, 4.69) is 0 Å². The van der Waals surface area contributed by atoms with E-state index in [0.29, 0.717) is 31.9 Å². The first-order chi connectivity index (χ1) is 11.1. The van der Waals surface area contributed by atoms with Crippen LogP contribution in [-0.4, -0.2) is 52.4 Å². The van der Waals surface area contributed by atoms with Crippen molar-refractivity contribution < 1.29 is 9.59 Å². The highest BCUT2D eigenvalue weighted by Gasteiger charge is 2.35. The van der Waals surface area contributed by atoms with Crippen LogP contribution in [0.15, 0.2) is 30.3 Å². The van der Waals surface area contributed by atoms with Gasteiger partial charge in [0.05, 0.1) is 0 Å². The van der Waals surface area contributed by atoms with Crippen LogP contribution < -0.4 is 0 Å². The molecule has 23 heavy (non-hydrogen) atoms. The van der Waals surface area contributed by atoms with Gasteiger partial charge in [-0.2, -0.15) is 0 Å². The molecular formula is C18H21N3O2. The third-order valence-electron chi connectivity index (χ3n) is 4.98. The highest BCUT2D eigenvalue weighted by molar-refractivity contribution is 5.98. The van der Waals surface area contributed by atoms with Gasteiger partial charge in [-0.3, -0.25) is 9.59 Å². The number of aryl methyl sites for hydroxylation is 1. The predicted molar refractivity (Wildman–Crippen MR) is 88.1 cm³/mol. The predicted octanol–water partition coefficient (Wildman–Crippen LogP) is 1.87. The van der Waals surface area contributed by atoms with Crippen LogP contribution in [0.1, 0.15) is 23.3 Å². The molecule has 2 amide bonds. The van der Waals surface area contributed by atoms with Crippen molar-refractivity contribution in [1.29, 1.82) is 0 Å². The zero-order chi connectivity index (χ0) is 16.0. The van der Waals surface area contributed by atoms with E-state index in [0.717, 1.165) is 23.7 Å². The van der Waals surface area contributed by atoms with Crippen molar-refractivity contribution in [2.24, 2.45) is 13.0 Å². The first-order valence-corrected chi connectivity index (χ1v) is 8.27. The summed E-state index contributed by atoms with van der Waals surface area (Å²) in [5.41, 5.74) is 1.78. The molecule has 1 aromatic carbocycles. The fraction of sp³-hybridized carbons (Fsp3) is 0.444. The van der Waals surface area contributed by atoms with Gasteiger partial charge in [0.25, 0.3) is 5.91 Å². The maximum absolute atomic E-state index is 12.8. The van der Waals surface area contributed by atoms with E-state index in [4.69, 9.17) is 0 Å². The van der Waals surface area contributed by atoms with Crippen LogP contribution in [-0.2, 0) is 11.8 Å². The number of carbonyl (C=O) groups excluding carboxylic acids is 2. The third kappa shape index (κ3) is 2.50. The Bertz CT molecular complexity index is 768. The number of piperazine rings is 1. The average Bonchev–Trinajstić information content (AvgIpc) is 3.39. The molecule has 4 rings (SSSR count). The molecule has 5 heteroatoms. The Morgan fingerprint density at radius 3 is 2.30 bits per heavy atom. The number of hydrogen-bond acceptors (Lipinski definition) is 2. The van der Waals surface area contributed by atoms with Crippen molar-refractivity contribution in [1.82, 2.24) is 14.4 Å². The average molecular weight is 311 g/mol. The van der Waals surface area contributed by atoms with E-state index in [1.807, 2.05) is 51.7 Å². The number of para-hydroxylation sites is 1. The number of amides is 2. The lowest BCUT2D eigenvalue weighted by molar-refractivity contribution is -0.134. The largest absolute Gasteiger partial charge is 0.340 e. The molecule has 0 unspecified atom stereocenters. The molecule has 0 bridgehead atoms. The van der Waals surface area contributed by atoms with Crippen LogP contribution in [0.5, 0.6) is 0 Å². The van der Waals surface area contributed by atoms with Gasteiger partial charge in [-0.05, 0) is 25.0 Å². The van der Waals surface area contributed by atoms with E-state index < -0.39 is 0 Å². The topological polar surface area (TPSA) is 45.6 Å². The zero-order valence-corrected chi connectivity index (χ0v) is 13.4. The minimum Gasteiger partial charge on any atom is -0.340 e. The third-order valence-corrected chi connectivity index (χ3v) is 4.98. The van der Waals surface area contributed by atoms with Crippen LogP contribution in [0.25, 0.3) is 10.9 Å². The summed E-state index contributed by atoms with van der Waals surface area (Å²) in [5, 5.41) is 1.08. The normalized spacial score (nSPS) is 18.5. The molecular weight excluding hydrogens is 290 g/mol. The van der Waals surface area contributed by atoms with Crippen molar-refractivity contribution in [2.75, 3.05) is 26.2 Å². The van der Waals surface area contributed by atoms with Crippen LogP contribution in [0.2, 0.25) is 0 Å². The lowest BCUT2D eigenvalue weighted by Gasteiger charge is -2.35. The molecule has 1 saturated carbocycles. The summed E-state index contributed by atoms with van der Waals surface area (Å²) in [4.78, 5) is 28.7. The lowest BCUT2D eigenvalue weighted by atomic mass is 10.2. The number of fused-ring (bicyclic) bond motifs is 1. The Balaban J connectivity index is 1.48. The summed E-state index contributed by atoms with van der Waals surface area (Å²) in [7, 11) is 1.93. The number of aromatic nitrogens is 1. The summed E-state index contributed by atoms with van der Waals surface area (Å²) >= 11 is 0. The molecule has 1 aromatic heterocycles.